The molecule has 0 bridgehead atoms. The molecule has 7 nitrogen and oxygen atoms in total. The number of allylic oxidation sites excluding steroid dienone is 10. The van der Waals surface area contributed by atoms with Crippen LogP contribution >= 0.6 is 0 Å². The van der Waals surface area contributed by atoms with Crippen LogP contribution in [0, 0.1) is 0 Å². The molecule has 0 fully saturated rings. The number of amides is 1. The largest absolute Gasteiger partial charge is 0.480 e. The van der Waals surface area contributed by atoms with Crippen LogP contribution in [0.4, 0.5) is 0 Å². The third-order valence-electron chi connectivity index (χ3n) is 10.1. The van der Waals surface area contributed by atoms with Crippen LogP contribution in [0.3, 0.4) is 0 Å². The summed E-state index contributed by atoms with van der Waals surface area (Å²) in [5.74, 6) is -1.27. The molecule has 56 heavy (non-hydrogen) atoms. The molecule has 0 aromatic carbocycles. The van der Waals surface area contributed by atoms with E-state index in [0.29, 0.717) is 32.2 Å². The van der Waals surface area contributed by atoms with E-state index in [1.807, 2.05) is 0 Å². The molecule has 7 heteroatoms. The highest BCUT2D eigenvalue weighted by Crippen LogP contribution is 2.18. The Balaban J connectivity index is 4.43. The van der Waals surface area contributed by atoms with Gasteiger partial charge < -0.3 is 20.9 Å². The molecule has 4 N–H and O–H groups in total. The Hall–Kier alpha value is -2.93. The lowest BCUT2D eigenvalue weighted by Gasteiger charge is -2.18. The Kier molecular flexibility index (Phi) is 40.9. The van der Waals surface area contributed by atoms with Gasteiger partial charge in [-0.1, -0.05) is 145 Å². The monoisotopic (exact) mass is 783 g/mol. The van der Waals surface area contributed by atoms with E-state index in [2.05, 4.69) is 79.9 Å². The molecule has 0 aliphatic rings. The number of nitrogens with one attached hydrogen (secondary N) is 1. The molecule has 0 saturated heterocycles. The lowest BCUT2D eigenvalue weighted by atomic mass is 10.0. The highest BCUT2D eigenvalue weighted by Gasteiger charge is 2.19. The molecular weight excluding hydrogens is 697 g/mol. The van der Waals surface area contributed by atoms with Gasteiger partial charge in [-0.2, -0.15) is 0 Å². The molecule has 0 radical (unpaired) electrons. The van der Waals surface area contributed by atoms with Crippen molar-refractivity contribution in [1.82, 2.24) is 5.32 Å². The maximum Gasteiger partial charge on any atom is 0.326 e. The van der Waals surface area contributed by atoms with Crippen molar-refractivity contribution in [3.8, 4) is 0 Å². The van der Waals surface area contributed by atoms with Crippen LogP contribution in [0.5, 0.6) is 0 Å². The first kappa shape index (κ1) is 53.1. The zero-order valence-corrected chi connectivity index (χ0v) is 36.2. The van der Waals surface area contributed by atoms with Crippen molar-refractivity contribution in [1.29, 1.82) is 0 Å². The molecule has 0 aromatic heterocycles. The molecule has 0 aliphatic heterocycles. The van der Waals surface area contributed by atoms with E-state index < -0.39 is 12.0 Å². The normalized spacial score (nSPS) is 13.2. The number of hydrogen-bond donors (Lipinski definition) is 3. The summed E-state index contributed by atoms with van der Waals surface area (Å²) in [6, 6.07) is -0.863. The van der Waals surface area contributed by atoms with Gasteiger partial charge in [-0.05, 0) is 122 Å². The van der Waals surface area contributed by atoms with Crippen LogP contribution in [-0.2, 0) is 19.1 Å². The first-order chi connectivity index (χ1) is 27.4. The average Bonchev–Trinajstić information content (AvgIpc) is 3.18. The topological polar surface area (TPSA) is 119 Å². The molecule has 2 unspecified atom stereocenters. The lowest BCUT2D eigenvalue weighted by molar-refractivity contribution is -0.150. The predicted molar refractivity (Wildman–Crippen MR) is 239 cm³/mol. The van der Waals surface area contributed by atoms with Crippen LogP contribution in [0.25, 0.3) is 0 Å². The summed E-state index contributed by atoms with van der Waals surface area (Å²) >= 11 is 0. The van der Waals surface area contributed by atoms with E-state index in [0.717, 1.165) is 122 Å². The Labute approximate surface area is 344 Å². The Bertz CT molecular complexity index is 1060. The number of hydrogen-bond acceptors (Lipinski definition) is 5. The summed E-state index contributed by atoms with van der Waals surface area (Å²) < 4.78 is 6.04. The van der Waals surface area contributed by atoms with Crippen molar-refractivity contribution >= 4 is 17.8 Å². The second-order valence-corrected chi connectivity index (χ2v) is 15.4. The van der Waals surface area contributed by atoms with Gasteiger partial charge in [0.15, 0.2) is 0 Å². The van der Waals surface area contributed by atoms with Crippen molar-refractivity contribution in [3.05, 3.63) is 60.8 Å². The predicted octanol–water partition coefficient (Wildman–Crippen LogP) is 13.3. The van der Waals surface area contributed by atoms with E-state index in [-0.39, 0.29) is 18.0 Å². The fourth-order valence-corrected chi connectivity index (χ4v) is 6.61. The van der Waals surface area contributed by atoms with E-state index in [9.17, 15) is 19.5 Å². The second kappa shape index (κ2) is 43.2. The molecule has 0 saturated carbocycles. The van der Waals surface area contributed by atoms with Crippen LogP contribution in [0.2, 0.25) is 0 Å². The van der Waals surface area contributed by atoms with Crippen molar-refractivity contribution in [2.75, 3.05) is 6.54 Å². The van der Waals surface area contributed by atoms with Crippen molar-refractivity contribution < 1.29 is 24.2 Å². The van der Waals surface area contributed by atoms with Gasteiger partial charge >= 0.3 is 11.9 Å². The van der Waals surface area contributed by atoms with Gasteiger partial charge in [0.1, 0.15) is 12.1 Å². The van der Waals surface area contributed by atoms with E-state index >= 15 is 0 Å². The average molecular weight is 783 g/mol. The summed E-state index contributed by atoms with van der Waals surface area (Å²) in [6.07, 6.45) is 54.0. The van der Waals surface area contributed by atoms with Gasteiger partial charge in [0.25, 0.3) is 0 Å². The molecule has 0 heterocycles. The Morgan fingerprint density at radius 1 is 0.536 bits per heavy atom. The zero-order valence-electron chi connectivity index (χ0n) is 36.2. The maximum absolute atomic E-state index is 12.8. The second-order valence-electron chi connectivity index (χ2n) is 15.4. The van der Waals surface area contributed by atoms with Crippen LogP contribution in [0.1, 0.15) is 213 Å². The van der Waals surface area contributed by atoms with Gasteiger partial charge in [0, 0.05) is 12.8 Å². The third-order valence-corrected chi connectivity index (χ3v) is 10.1. The number of unbranched alkanes of at least 4 members (excludes halogenated alkanes) is 17. The van der Waals surface area contributed by atoms with Crippen molar-refractivity contribution in [3.63, 3.8) is 0 Å². The number of nitrogens with two attached hydrogens (primary N) is 1. The molecule has 0 rings (SSSR count). The fraction of sp³-hybridized carbons (Fsp3) is 0.735. The van der Waals surface area contributed by atoms with Crippen molar-refractivity contribution in [2.24, 2.45) is 5.73 Å². The Morgan fingerprint density at radius 3 is 1.50 bits per heavy atom. The number of esters is 1. The summed E-state index contributed by atoms with van der Waals surface area (Å²) in [5, 5.41) is 11.9. The summed E-state index contributed by atoms with van der Waals surface area (Å²) in [6.45, 7) is 4.82. The molecule has 2 atom stereocenters. The van der Waals surface area contributed by atoms with Crippen LogP contribution < -0.4 is 11.1 Å². The lowest BCUT2D eigenvalue weighted by Crippen LogP contribution is -2.40. The first-order valence-electron chi connectivity index (χ1n) is 23.1. The molecule has 0 spiro atoms. The number of aliphatic carboxylic acids is 1. The molecular formula is C49H86N2O5. The SMILES string of the molecule is CC/C=C\C/C=C\C/C=C\CCCCCCCC(=O)OC(CCCCC/C=C\C/C=C\CCCCCCC)CCCCCCCC(=O)NC(CCCN)C(=O)O. The Morgan fingerprint density at radius 2 is 0.982 bits per heavy atom. The summed E-state index contributed by atoms with van der Waals surface area (Å²) in [7, 11) is 0. The summed E-state index contributed by atoms with van der Waals surface area (Å²) in [5.41, 5.74) is 5.49. The number of carbonyl (C=O) groups is 3. The quantitative estimate of drug-likeness (QED) is 0.0323. The third kappa shape index (κ3) is 39.3. The minimum absolute atomic E-state index is 0.0214. The van der Waals surface area contributed by atoms with Gasteiger partial charge in [0.05, 0.1) is 0 Å². The summed E-state index contributed by atoms with van der Waals surface area (Å²) in [4.78, 5) is 36.4. The minimum atomic E-state index is -1.01. The van der Waals surface area contributed by atoms with Crippen molar-refractivity contribution in [2.45, 2.75) is 225 Å². The number of rotatable bonds is 41. The van der Waals surface area contributed by atoms with E-state index in [1.54, 1.807) is 0 Å². The van der Waals surface area contributed by atoms with E-state index in [1.165, 1.54) is 51.4 Å². The smallest absolute Gasteiger partial charge is 0.326 e. The highest BCUT2D eigenvalue weighted by molar-refractivity contribution is 5.83. The van der Waals surface area contributed by atoms with Gasteiger partial charge in [-0.3, -0.25) is 9.59 Å². The molecule has 0 aromatic rings. The van der Waals surface area contributed by atoms with E-state index in [4.69, 9.17) is 10.5 Å². The highest BCUT2D eigenvalue weighted by atomic mass is 16.5. The zero-order chi connectivity index (χ0) is 41.0. The molecule has 1 amide bonds. The van der Waals surface area contributed by atoms with Crippen LogP contribution in [-0.4, -0.2) is 41.6 Å². The number of carboxylic acids is 1. The first-order valence-corrected chi connectivity index (χ1v) is 23.1. The molecule has 0 aliphatic carbocycles. The number of ether oxygens (including phenoxy) is 1. The van der Waals surface area contributed by atoms with Gasteiger partial charge in [-0.15, -0.1) is 0 Å². The minimum Gasteiger partial charge on any atom is -0.480 e. The number of carbonyl (C=O) groups excluding carboxylic acids is 2. The molecule has 322 valence electrons. The maximum atomic E-state index is 12.8. The van der Waals surface area contributed by atoms with Crippen LogP contribution in [0.15, 0.2) is 60.8 Å². The van der Waals surface area contributed by atoms with Gasteiger partial charge in [-0.25, -0.2) is 4.79 Å². The standard InChI is InChI=1S/C49H86N2O5/c1-3-5-7-9-11-13-15-17-19-21-23-25-27-30-34-39-45(40-35-31-29-32-36-42-47(52)51-46(49(54)55)41-38-44-50)56-48(53)43-37-33-28-26-24-22-20-18-16-14-12-10-8-6-4-2/h6,8,12,14-15,17-18,20-21,23,45-46H,3-5,7,9-11,13,16,19,22,24-44,50H2,1-2H3,(H,51,52)(H,54,55)/b8-6-,14-12-,17-15-,20-18-,23-21-. The number of carboxylic acid groups (broad SMARTS) is 1. The fourth-order valence-electron chi connectivity index (χ4n) is 6.61. The van der Waals surface area contributed by atoms with Gasteiger partial charge in [0.2, 0.25) is 5.91 Å².